The number of aromatic nitrogens is 2. The van der Waals surface area contributed by atoms with Gasteiger partial charge in [0, 0.05) is 11.3 Å². The van der Waals surface area contributed by atoms with Gasteiger partial charge in [-0.2, -0.15) is 0 Å². The van der Waals surface area contributed by atoms with Gasteiger partial charge in [0.1, 0.15) is 5.01 Å². The molecule has 1 aromatic carbocycles. The number of nitrogens with one attached hydrogen (secondary N) is 2. The first kappa shape index (κ1) is 11.8. The first-order chi connectivity index (χ1) is 9.11. The molecule has 1 aliphatic rings. The van der Waals surface area contributed by atoms with Crippen molar-refractivity contribution >= 4 is 34.0 Å². The number of amides is 2. The lowest BCUT2D eigenvalue weighted by molar-refractivity contribution is -0.115. The predicted octanol–water partition coefficient (Wildman–Crippen LogP) is 1.59. The fourth-order valence-electron chi connectivity index (χ4n) is 1.87. The van der Waals surface area contributed by atoms with Crippen molar-refractivity contribution in [2.45, 2.75) is 13.3 Å². The first-order valence-corrected chi connectivity index (χ1v) is 6.48. The number of hydrogen-bond acceptors (Lipinski definition) is 5. The minimum absolute atomic E-state index is 0.0488. The average molecular weight is 274 g/mol. The van der Waals surface area contributed by atoms with Crippen molar-refractivity contribution in [3.8, 4) is 0 Å². The van der Waals surface area contributed by atoms with Gasteiger partial charge in [0.25, 0.3) is 5.91 Å². The van der Waals surface area contributed by atoms with Gasteiger partial charge in [-0.3, -0.25) is 14.9 Å². The van der Waals surface area contributed by atoms with Crippen LogP contribution in [0.3, 0.4) is 0 Å². The highest BCUT2D eigenvalue weighted by molar-refractivity contribution is 7.15. The minimum atomic E-state index is -0.264. The lowest BCUT2D eigenvalue weighted by Gasteiger charge is -2.03. The van der Waals surface area contributed by atoms with Crippen molar-refractivity contribution in [2.75, 3.05) is 10.6 Å². The monoisotopic (exact) mass is 274 g/mol. The normalized spacial score (nSPS) is 13.0. The van der Waals surface area contributed by atoms with Gasteiger partial charge in [-0.15, -0.1) is 10.2 Å². The SMILES string of the molecule is Cc1nnc(NC(=O)c2ccc3c(c2)NC(=O)C3)s1. The van der Waals surface area contributed by atoms with Crippen molar-refractivity contribution in [3.05, 3.63) is 34.3 Å². The molecule has 2 aromatic rings. The number of carbonyl (C=O) groups excluding carboxylic acids is 2. The Balaban J connectivity index is 1.81. The molecular weight excluding hydrogens is 264 g/mol. The Kier molecular flexibility index (Phi) is 2.75. The van der Waals surface area contributed by atoms with Crippen molar-refractivity contribution in [1.82, 2.24) is 10.2 Å². The van der Waals surface area contributed by atoms with Crippen molar-refractivity contribution in [3.63, 3.8) is 0 Å². The number of rotatable bonds is 2. The molecule has 0 saturated heterocycles. The summed E-state index contributed by atoms with van der Waals surface area (Å²) in [5.74, 6) is -0.313. The highest BCUT2D eigenvalue weighted by atomic mass is 32.1. The standard InChI is InChI=1S/C12H10N4O2S/c1-6-15-16-12(19-6)14-11(18)8-3-2-7-5-10(17)13-9(7)4-8/h2-4H,5H2,1H3,(H,13,17)(H,14,16,18). The molecule has 19 heavy (non-hydrogen) atoms. The molecule has 96 valence electrons. The summed E-state index contributed by atoms with van der Waals surface area (Å²) in [5, 5.41) is 14.3. The first-order valence-electron chi connectivity index (χ1n) is 5.66. The highest BCUT2D eigenvalue weighted by Crippen LogP contribution is 2.24. The summed E-state index contributed by atoms with van der Waals surface area (Å²) in [7, 11) is 0. The summed E-state index contributed by atoms with van der Waals surface area (Å²) in [4.78, 5) is 23.3. The quantitative estimate of drug-likeness (QED) is 0.871. The zero-order valence-electron chi connectivity index (χ0n) is 10.1. The fourth-order valence-corrected chi connectivity index (χ4v) is 2.46. The molecule has 2 amide bonds. The lowest BCUT2D eigenvalue weighted by atomic mass is 10.1. The van der Waals surface area contributed by atoms with Crippen molar-refractivity contribution in [1.29, 1.82) is 0 Å². The van der Waals surface area contributed by atoms with Gasteiger partial charge in [-0.1, -0.05) is 17.4 Å². The Morgan fingerprint density at radius 3 is 3.00 bits per heavy atom. The van der Waals surface area contributed by atoms with Gasteiger partial charge < -0.3 is 5.32 Å². The van der Waals surface area contributed by atoms with E-state index in [-0.39, 0.29) is 11.8 Å². The van der Waals surface area contributed by atoms with E-state index >= 15 is 0 Å². The number of carbonyl (C=O) groups is 2. The summed E-state index contributed by atoms with van der Waals surface area (Å²) >= 11 is 1.31. The highest BCUT2D eigenvalue weighted by Gasteiger charge is 2.19. The maximum Gasteiger partial charge on any atom is 0.257 e. The summed E-state index contributed by atoms with van der Waals surface area (Å²) in [6.07, 6.45) is 0.368. The zero-order chi connectivity index (χ0) is 13.4. The van der Waals surface area contributed by atoms with E-state index in [9.17, 15) is 9.59 Å². The van der Waals surface area contributed by atoms with E-state index in [0.29, 0.717) is 22.8 Å². The van der Waals surface area contributed by atoms with Gasteiger partial charge in [0.05, 0.1) is 6.42 Å². The molecule has 2 N–H and O–H groups in total. The van der Waals surface area contributed by atoms with Crippen LogP contribution in [-0.4, -0.2) is 22.0 Å². The van der Waals surface area contributed by atoms with E-state index in [2.05, 4.69) is 20.8 Å². The Morgan fingerprint density at radius 1 is 1.42 bits per heavy atom. The van der Waals surface area contributed by atoms with Crippen LogP contribution in [0, 0.1) is 6.92 Å². The third-order valence-electron chi connectivity index (χ3n) is 2.74. The van der Waals surface area contributed by atoms with Gasteiger partial charge >= 0.3 is 0 Å². The molecule has 1 aromatic heterocycles. The molecule has 7 heteroatoms. The predicted molar refractivity (Wildman–Crippen MR) is 71.4 cm³/mol. The molecule has 0 radical (unpaired) electrons. The summed E-state index contributed by atoms with van der Waals surface area (Å²) < 4.78 is 0. The van der Waals surface area contributed by atoms with Crippen LogP contribution < -0.4 is 10.6 Å². The third kappa shape index (κ3) is 2.32. The fraction of sp³-hybridized carbons (Fsp3) is 0.167. The second-order valence-corrected chi connectivity index (χ2v) is 5.36. The number of fused-ring (bicyclic) bond motifs is 1. The molecule has 0 saturated carbocycles. The second kappa shape index (κ2) is 4.43. The van der Waals surface area contributed by atoms with Crippen LogP contribution in [0.5, 0.6) is 0 Å². The largest absolute Gasteiger partial charge is 0.326 e. The number of nitrogens with zero attached hydrogens (tertiary/aromatic N) is 2. The van der Waals surface area contributed by atoms with E-state index in [0.717, 1.165) is 10.6 Å². The molecule has 0 bridgehead atoms. The second-order valence-electron chi connectivity index (χ2n) is 4.18. The van der Waals surface area contributed by atoms with Gasteiger partial charge in [-0.25, -0.2) is 0 Å². The van der Waals surface area contributed by atoms with Crippen LogP contribution >= 0.6 is 11.3 Å². The van der Waals surface area contributed by atoms with Crippen LogP contribution in [0.15, 0.2) is 18.2 Å². The number of anilines is 2. The zero-order valence-corrected chi connectivity index (χ0v) is 10.9. The third-order valence-corrected chi connectivity index (χ3v) is 3.50. The number of benzene rings is 1. The molecule has 0 unspecified atom stereocenters. The smallest absolute Gasteiger partial charge is 0.257 e. The van der Waals surface area contributed by atoms with E-state index in [1.54, 1.807) is 18.2 Å². The Bertz CT molecular complexity index is 680. The van der Waals surface area contributed by atoms with Crippen LogP contribution in [0.1, 0.15) is 20.9 Å². The molecule has 6 nitrogen and oxygen atoms in total. The van der Waals surface area contributed by atoms with E-state index < -0.39 is 0 Å². The molecule has 0 atom stereocenters. The Hall–Kier alpha value is -2.28. The Labute approximate surface area is 112 Å². The van der Waals surface area contributed by atoms with E-state index in [1.807, 2.05) is 6.92 Å². The molecule has 2 heterocycles. The molecular formula is C12H10N4O2S. The van der Waals surface area contributed by atoms with E-state index in [4.69, 9.17) is 0 Å². The van der Waals surface area contributed by atoms with Crippen LogP contribution in [0.4, 0.5) is 10.8 Å². The maximum atomic E-state index is 12.0. The topological polar surface area (TPSA) is 84.0 Å². The summed E-state index contributed by atoms with van der Waals surface area (Å²) in [6, 6.07) is 5.15. The van der Waals surface area contributed by atoms with Crippen LogP contribution in [0.2, 0.25) is 0 Å². The number of hydrogen-bond donors (Lipinski definition) is 2. The van der Waals surface area contributed by atoms with Gasteiger partial charge in [0.2, 0.25) is 11.0 Å². The molecule has 0 spiro atoms. The van der Waals surface area contributed by atoms with Crippen molar-refractivity contribution in [2.24, 2.45) is 0 Å². The van der Waals surface area contributed by atoms with Gasteiger partial charge in [0.15, 0.2) is 0 Å². The number of aryl methyl sites for hydroxylation is 1. The van der Waals surface area contributed by atoms with Crippen molar-refractivity contribution < 1.29 is 9.59 Å². The molecule has 1 aliphatic heterocycles. The lowest BCUT2D eigenvalue weighted by Crippen LogP contribution is -2.12. The average Bonchev–Trinajstić information content (AvgIpc) is 2.93. The van der Waals surface area contributed by atoms with Crippen LogP contribution in [-0.2, 0) is 11.2 Å². The Morgan fingerprint density at radius 2 is 2.26 bits per heavy atom. The molecule has 0 aliphatic carbocycles. The van der Waals surface area contributed by atoms with Gasteiger partial charge in [-0.05, 0) is 24.6 Å². The minimum Gasteiger partial charge on any atom is -0.326 e. The summed E-state index contributed by atoms with van der Waals surface area (Å²) in [6.45, 7) is 1.82. The molecule has 3 rings (SSSR count). The summed E-state index contributed by atoms with van der Waals surface area (Å²) in [5.41, 5.74) is 2.09. The maximum absolute atomic E-state index is 12.0. The molecule has 0 fully saturated rings. The van der Waals surface area contributed by atoms with Crippen LogP contribution in [0.25, 0.3) is 0 Å². The van der Waals surface area contributed by atoms with E-state index in [1.165, 1.54) is 11.3 Å².